The number of hydrogen-bond donors (Lipinski definition) is 1. The van der Waals surface area contributed by atoms with E-state index in [4.69, 9.17) is 17.3 Å². The Morgan fingerprint density at radius 1 is 1.21 bits per heavy atom. The molecule has 0 spiro atoms. The summed E-state index contributed by atoms with van der Waals surface area (Å²) in [5.74, 6) is 0. The molecule has 19 heavy (non-hydrogen) atoms. The lowest BCUT2D eigenvalue weighted by atomic mass is 10.3. The molecule has 0 saturated heterocycles. The zero-order valence-corrected chi connectivity index (χ0v) is 11.7. The molecule has 0 fully saturated rings. The largest absolute Gasteiger partial charge is 0.397 e. The number of rotatable bonds is 3. The molecule has 1 aromatic carbocycles. The average Bonchev–Trinajstić information content (AvgIpc) is 2.41. The molecule has 0 atom stereocenters. The number of nitrogen functional groups attached to an aromatic ring is 1. The fraction of sp³-hybridized carbons (Fsp3) is 0.0833. The normalized spacial score (nSPS) is 11.3. The second-order valence-corrected chi connectivity index (χ2v) is 6.24. The molecule has 1 heterocycles. The van der Waals surface area contributed by atoms with Gasteiger partial charge in [-0.05, 0) is 30.3 Å². The van der Waals surface area contributed by atoms with E-state index < -0.39 is 10.0 Å². The average molecular weight is 298 g/mol. The summed E-state index contributed by atoms with van der Waals surface area (Å²) in [5, 5.41) is 0.325. The molecule has 0 aliphatic carbocycles. The summed E-state index contributed by atoms with van der Waals surface area (Å²) >= 11 is 5.79. The van der Waals surface area contributed by atoms with Gasteiger partial charge in [0.1, 0.15) is 0 Å². The standard InChI is InChI=1S/C12H12ClN3O2S/c1-16(9-4-6-15-7-5-9)19(17,18)10-2-3-11(13)12(14)8-10/h2-8H,14H2,1H3. The monoisotopic (exact) mass is 297 g/mol. The van der Waals surface area contributed by atoms with Gasteiger partial charge in [0.15, 0.2) is 0 Å². The molecule has 0 unspecified atom stereocenters. The first-order valence-electron chi connectivity index (χ1n) is 5.37. The molecule has 5 nitrogen and oxygen atoms in total. The van der Waals surface area contributed by atoms with Crippen LogP contribution in [0.15, 0.2) is 47.6 Å². The Labute approximate surface area is 116 Å². The summed E-state index contributed by atoms with van der Waals surface area (Å²) in [6.07, 6.45) is 3.05. The first-order valence-corrected chi connectivity index (χ1v) is 7.18. The van der Waals surface area contributed by atoms with Crippen molar-refractivity contribution in [3.8, 4) is 0 Å². The number of nitrogens with zero attached hydrogens (tertiary/aromatic N) is 2. The van der Waals surface area contributed by atoms with E-state index in [1.807, 2.05) is 0 Å². The molecule has 0 saturated carbocycles. The minimum Gasteiger partial charge on any atom is -0.397 e. The molecule has 2 rings (SSSR count). The Morgan fingerprint density at radius 2 is 1.84 bits per heavy atom. The SMILES string of the molecule is CN(c1ccncc1)S(=O)(=O)c1ccc(Cl)c(N)c1. The van der Waals surface area contributed by atoms with Gasteiger partial charge in [-0.25, -0.2) is 8.42 Å². The van der Waals surface area contributed by atoms with Crippen molar-refractivity contribution in [1.29, 1.82) is 0 Å². The summed E-state index contributed by atoms with van der Waals surface area (Å²) in [7, 11) is -2.20. The smallest absolute Gasteiger partial charge is 0.264 e. The van der Waals surface area contributed by atoms with Gasteiger partial charge in [-0.15, -0.1) is 0 Å². The van der Waals surface area contributed by atoms with Gasteiger partial charge in [-0.1, -0.05) is 11.6 Å². The molecule has 0 radical (unpaired) electrons. The van der Waals surface area contributed by atoms with Crippen LogP contribution >= 0.6 is 11.6 Å². The molecule has 0 aliphatic heterocycles. The summed E-state index contributed by atoms with van der Waals surface area (Å²) in [5.41, 5.74) is 6.38. The maximum absolute atomic E-state index is 12.4. The second kappa shape index (κ2) is 5.07. The lowest BCUT2D eigenvalue weighted by Gasteiger charge is -2.19. The summed E-state index contributed by atoms with van der Waals surface area (Å²) in [6, 6.07) is 7.44. The number of aromatic nitrogens is 1. The quantitative estimate of drug-likeness (QED) is 0.881. The van der Waals surface area contributed by atoms with Crippen LogP contribution in [0.4, 0.5) is 11.4 Å². The second-order valence-electron chi connectivity index (χ2n) is 3.86. The number of pyridine rings is 1. The number of hydrogen-bond acceptors (Lipinski definition) is 4. The Balaban J connectivity index is 2.45. The Hall–Kier alpha value is -1.79. The van der Waals surface area contributed by atoms with Crippen LogP contribution in [0.2, 0.25) is 5.02 Å². The molecule has 1 aromatic heterocycles. The van der Waals surface area contributed by atoms with Crippen molar-refractivity contribution in [2.45, 2.75) is 4.90 Å². The fourth-order valence-electron chi connectivity index (χ4n) is 1.53. The predicted molar refractivity (Wildman–Crippen MR) is 75.7 cm³/mol. The maximum Gasteiger partial charge on any atom is 0.264 e. The van der Waals surface area contributed by atoms with Crippen LogP contribution in [0.3, 0.4) is 0 Å². The molecule has 0 bridgehead atoms. The number of sulfonamides is 1. The van der Waals surface area contributed by atoms with E-state index in [0.717, 1.165) is 4.31 Å². The van der Waals surface area contributed by atoms with Crippen molar-refractivity contribution in [2.75, 3.05) is 17.1 Å². The number of anilines is 2. The van der Waals surface area contributed by atoms with Crippen molar-refractivity contribution < 1.29 is 8.42 Å². The van der Waals surface area contributed by atoms with Gasteiger partial charge < -0.3 is 5.73 Å². The van der Waals surface area contributed by atoms with E-state index in [-0.39, 0.29) is 10.6 Å². The van der Waals surface area contributed by atoms with E-state index >= 15 is 0 Å². The summed E-state index contributed by atoms with van der Waals surface area (Å²) in [4.78, 5) is 3.94. The van der Waals surface area contributed by atoms with E-state index in [1.165, 1.54) is 37.6 Å². The Bertz CT molecular complexity index is 689. The zero-order chi connectivity index (χ0) is 14.0. The first-order chi connectivity index (χ1) is 8.93. The minimum atomic E-state index is -3.66. The van der Waals surface area contributed by atoms with Crippen molar-refractivity contribution >= 4 is 33.0 Å². The van der Waals surface area contributed by atoms with Gasteiger partial charge in [0.25, 0.3) is 10.0 Å². The Morgan fingerprint density at radius 3 is 2.42 bits per heavy atom. The fourth-order valence-corrected chi connectivity index (χ4v) is 2.88. The van der Waals surface area contributed by atoms with Crippen LogP contribution in [0.25, 0.3) is 0 Å². The highest BCUT2D eigenvalue weighted by atomic mass is 35.5. The molecular weight excluding hydrogens is 286 g/mol. The molecule has 2 N–H and O–H groups in total. The highest BCUT2D eigenvalue weighted by molar-refractivity contribution is 7.92. The third-order valence-electron chi connectivity index (χ3n) is 2.65. The van der Waals surface area contributed by atoms with Crippen molar-refractivity contribution in [2.24, 2.45) is 0 Å². The van der Waals surface area contributed by atoms with Gasteiger partial charge >= 0.3 is 0 Å². The zero-order valence-electron chi connectivity index (χ0n) is 10.1. The molecule has 100 valence electrons. The summed E-state index contributed by atoms with van der Waals surface area (Å²) in [6.45, 7) is 0. The molecule has 0 amide bonds. The minimum absolute atomic E-state index is 0.0914. The number of halogens is 1. The number of benzene rings is 1. The van der Waals surface area contributed by atoms with Gasteiger partial charge in [-0.2, -0.15) is 0 Å². The highest BCUT2D eigenvalue weighted by Gasteiger charge is 2.21. The Kier molecular flexibility index (Phi) is 3.64. The third-order valence-corrected chi connectivity index (χ3v) is 4.78. The molecule has 0 aliphatic rings. The molecule has 7 heteroatoms. The summed E-state index contributed by atoms with van der Waals surface area (Å²) < 4.78 is 26.0. The van der Waals surface area contributed by atoms with E-state index in [1.54, 1.807) is 12.1 Å². The maximum atomic E-state index is 12.4. The van der Waals surface area contributed by atoms with Crippen molar-refractivity contribution in [3.63, 3.8) is 0 Å². The van der Waals surface area contributed by atoms with Crippen LogP contribution in [-0.2, 0) is 10.0 Å². The third kappa shape index (κ3) is 2.64. The van der Waals surface area contributed by atoms with Crippen LogP contribution in [-0.4, -0.2) is 20.4 Å². The van der Waals surface area contributed by atoms with Crippen LogP contribution in [0, 0.1) is 0 Å². The topological polar surface area (TPSA) is 76.3 Å². The predicted octanol–water partition coefficient (Wildman–Crippen LogP) is 2.14. The lowest BCUT2D eigenvalue weighted by molar-refractivity contribution is 0.594. The van der Waals surface area contributed by atoms with Gasteiger partial charge in [0.2, 0.25) is 0 Å². The molecule has 2 aromatic rings. The lowest BCUT2D eigenvalue weighted by Crippen LogP contribution is -2.26. The highest BCUT2D eigenvalue weighted by Crippen LogP contribution is 2.26. The molecular formula is C12H12ClN3O2S. The van der Waals surface area contributed by atoms with Gasteiger partial charge in [0.05, 0.1) is 21.3 Å². The number of nitrogens with two attached hydrogens (primary N) is 1. The first kappa shape index (κ1) is 13.6. The van der Waals surface area contributed by atoms with E-state index in [9.17, 15) is 8.42 Å². The van der Waals surface area contributed by atoms with Crippen LogP contribution < -0.4 is 10.0 Å². The van der Waals surface area contributed by atoms with E-state index in [2.05, 4.69) is 4.98 Å². The van der Waals surface area contributed by atoms with E-state index in [0.29, 0.717) is 10.7 Å². The van der Waals surface area contributed by atoms with Crippen LogP contribution in [0.5, 0.6) is 0 Å². The van der Waals surface area contributed by atoms with Crippen LogP contribution in [0.1, 0.15) is 0 Å². The van der Waals surface area contributed by atoms with Gasteiger partial charge in [-0.3, -0.25) is 9.29 Å². The van der Waals surface area contributed by atoms with Crippen molar-refractivity contribution in [1.82, 2.24) is 4.98 Å². The van der Waals surface area contributed by atoms with Crippen molar-refractivity contribution in [3.05, 3.63) is 47.7 Å². The van der Waals surface area contributed by atoms with Gasteiger partial charge in [0, 0.05) is 19.4 Å².